The minimum Gasteiger partial charge on any atom is -0.349 e. The lowest BCUT2D eigenvalue weighted by molar-refractivity contribution is -0.178. The average Bonchev–Trinajstić information content (AvgIpc) is 3.37. The lowest BCUT2D eigenvalue weighted by atomic mass is 9.87. The van der Waals surface area contributed by atoms with E-state index < -0.39 is 5.79 Å². The molecule has 0 saturated carbocycles. The Morgan fingerprint density at radius 3 is 2.32 bits per heavy atom. The van der Waals surface area contributed by atoms with Crippen LogP contribution in [0.1, 0.15) is 46.6 Å². The lowest BCUT2D eigenvalue weighted by Gasteiger charge is -2.38. The number of methoxy groups -OCH3 is 2. The number of piperidine rings is 1. The van der Waals surface area contributed by atoms with E-state index in [2.05, 4.69) is 16.5 Å². The largest absolute Gasteiger partial charge is 0.349 e. The third-order valence-electron chi connectivity index (χ3n) is 9.41. The molecule has 1 saturated heterocycles. The van der Waals surface area contributed by atoms with Gasteiger partial charge >= 0.3 is 0 Å². The lowest BCUT2D eigenvalue weighted by Crippen LogP contribution is -2.46. The molecule has 3 aliphatic rings. The Bertz CT molecular complexity index is 1620. The van der Waals surface area contributed by atoms with Gasteiger partial charge in [0.2, 0.25) is 5.79 Å². The summed E-state index contributed by atoms with van der Waals surface area (Å²) in [7, 11) is 7.12. The van der Waals surface area contributed by atoms with Crippen molar-refractivity contribution >= 4 is 34.7 Å². The smallest absolute Gasteiger partial charge is 0.270 e. The van der Waals surface area contributed by atoms with E-state index in [9.17, 15) is 9.59 Å². The highest BCUT2D eigenvalue weighted by Gasteiger charge is 2.45. The number of rotatable bonds is 6. The van der Waals surface area contributed by atoms with Gasteiger partial charge in [0, 0.05) is 50.1 Å². The van der Waals surface area contributed by atoms with Gasteiger partial charge in [-0.15, -0.1) is 0 Å². The van der Waals surface area contributed by atoms with Crippen LogP contribution < -0.4 is 4.90 Å². The van der Waals surface area contributed by atoms with Gasteiger partial charge in [-0.3, -0.25) is 9.59 Å². The van der Waals surface area contributed by atoms with Crippen molar-refractivity contribution in [2.24, 2.45) is 0 Å². The van der Waals surface area contributed by atoms with Gasteiger partial charge in [0.1, 0.15) is 5.69 Å². The first-order valence-corrected chi connectivity index (χ1v) is 15.4. The molecule has 2 aromatic carbocycles. The Hall–Kier alpha value is -3.69. The number of amides is 2. The van der Waals surface area contributed by atoms with Gasteiger partial charge < -0.3 is 28.7 Å². The zero-order valence-electron chi connectivity index (χ0n) is 25.8. The van der Waals surface area contributed by atoms with Gasteiger partial charge in [0.05, 0.1) is 18.7 Å². The summed E-state index contributed by atoms with van der Waals surface area (Å²) in [5.74, 6) is -1.60. The number of aromatic nitrogens is 1. The van der Waals surface area contributed by atoms with E-state index in [0.717, 1.165) is 54.0 Å². The van der Waals surface area contributed by atoms with Crippen LogP contribution >= 0.6 is 11.6 Å². The van der Waals surface area contributed by atoms with E-state index in [1.807, 2.05) is 78.7 Å². The zero-order chi connectivity index (χ0) is 31.0. The monoisotopic (exact) mass is 614 g/mol. The van der Waals surface area contributed by atoms with Crippen molar-refractivity contribution in [3.05, 3.63) is 106 Å². The number of carbonyl (C=O) groups excluding carboxylic acids is 2. The van der Waals surface area contributed by atoms with Crippen LogP contribution in [0.3, 0.4) is 0 Å². The van der Waals surface area contributed by atoms with Crippen molar-refractivity contribution in [2.45, 2.75) is 44.2 Å². The normalized spacial score (nSPS) is 18.8. The van der Waals surface area contributed by atoms with E-state index in [1.165, 1.54) is 0 Å². The Kier molecular flexibility index (Phi) is 8.53. The van der Waals surface area contributed by atoms with Crippen LogP contribution in [0.15, 0.2) is 83.4 Å². The summed E-state index contributed by atoms with van der Waals surface area (Å²) in [6.45, 7) is 2.70. The maximum atomic E-state index is 14.6. The summed E-state index contributed by atoms with van der Waals surface area (Å²) in [6.07, 6.45) is 3.86. The SMILES string of the molecule is COC1(OC)CC(c2ccccc2)=C(Cl)C=C1C(=O)N1Cc2ccc(C(=O)N(C)C3CCN(C)CC3)n2Cc2ccccc21. The molecular formula is C35H39ClN4O4. The number of halogens is 1. The van der Waals surface area contributed by atoms with Crippen LogP contribution in [0.4, 0.5) is 5.69 Å². The summed E-state index contributed by atoms with van der Waals surface area (Å²) < 4.78 is 14.0. The third kappa shape index (κ3) is 5.41. The molecule has 1 aromatic heterocycles. The number of ether oxygens (including phenoxy) is 2. The molecule has 0 N–H and O–H groups in total. The molecular weight excluding hydrogens is 576 g/mol. The first-order chi connectivity index (χ1) is 21.3. The molecule has 8 nitrogen and oxygen atoms in total. The Balaban J connectivity index is 1.37. The van der Waals surface area contributed by atoms with Crippen LogP contribution in [0.2, 0.25) is 0 Å². The molecule has 2 amide bonds. The number of fused-ring (bicyclic) bond motifs is 2. The molecule has 3 heterocycles. The number of benzene rings is 2. The number of likely N-dealkylation sites (tertiary alicyclic amines) is 1. The van der Waals surface area contributed by atoms with Crippen LogP contribution in [0, 0.1) is 0 Å². The number of anilines is 1. The van der Waals surface area contributed by atoms with Gasteiger partial charge in [-0.2, -0.15) is 0 Å². The highest BCUT2D eigenvalue weighted by atomic mass is 35.5. The molecule has 1 fully saturated rings. The first-order valence-electron chi connectivity index (χ1n) is 15.1. The fraction of sp³-hybridized carbons (Fsp3) is 0.371. The second-order valence-electron chi connectivity index (χ2n) is 11.9. The topological polar surface area (TPSA) is 67.2 Å². The van der Waals surface area contributed by atoms with Gasteiger partial charge in [0.25, 0.3) is 11.8 Å². The fourth-order valence-corrected chi connectivity index (χ4v) is 6.97. The number of hydrogen-bond donors (Lipinski definition) is 0. The molecule has 44 heavy (non-hydrogen) atoms. The Morgan fingerprint density at radius 1 is 0.932 bits per heavy atom. The summed E-state index contributed by atoms with van der Waals surface area (Å²) in [4.78, 5) is 34.4. The standard InChI is InChI=1S/C35H39ClN4O4/c1-37-18-16-26(17-19-37)38(2)34(42)32-15-14-27-23-40(31-13-9-8-12-25(31)22-39(27)32)33(41)29-20-30(36)28(21-35(29,43-3)44-4)24-10-6-5-7-11-24/h5-15,20,26H,16-19,21-23H2,1-4H3. The van der Waals surface area contributed by atoms with Crippen molar-refractivity contribution in [3.63, 3.8) is 0 Å². The quantitative estimate of drug-likeness (QED) is 0.342. The minimum absolute atomic E-state index is 0.00110. The molecule has 1 aliphatic carbocycles. The van der Waals surface area contributed by atoms with Crippen molar-refractivity contribution in [2.75, 3.05) is 46.3 Å². The fourth-order valence-electron chi connectivity index (χ4n) is 6.69. The zero-order valence-corrected chi connectivity index (χ0v) is 26.5. The molecule has 9 heteroatoms. The second-order valence-corrected chi connectivity index (χ2v) is 12.3. The number of para-hydroxylation sites is 1. The van der Waals surface area contributed by atoms with Crippen LogP contribution in [0.25, 0.3) is 5.57 Å². The Morgan fingerprint density at radius 2 is 1.61 bits per heavy atom. The molecule has 0 spiro atoms. The predicted octanol–water partition coefficient (Wildman–Crippen LogP) is 5.52. The first kappa shape index (κ1) is 30.3. The molecule has 0 radical (unpaired) electrons. The minimum atomic E-state index is -1.33. The number of nitrogens with zero attached hydrogens (tertiary/aromatic N) is 4. The highest BCUT2D eigenvalue weighted by molar-refractivity contribution is 6.35. The molecule has 0 atom stereocenters. The summed E-state index contributed by atoms with van der Waals surface area (Å²) >= 11 is 6.86. The summed E-state index contributed by atoms with van der Waals surface area (Å²) in [6, 6.07) is 21.7. The number of allylic oxidation sites excluding steroid dienone is 2. The van der Waals surface area contributed by atoms with Crippen molar-refractivity contribution in [3.8, 4) is 0 Å². The maximum absolute atomic E-state index is 14.6. The van der Waals surface area contributed by atoms with E-state index in [-0.39, 0.29) is 30.8 Å². The maximum Gasteiger partial charge on any atom is 0.270 e. The van der Waals surface area contributed by atoms with Gasteiger partial charge in [-0.1, -0.05) is 60.1 Å². The van der Waals surface area contributed by atoms with Crippen LogP contribution in [0.5, 0.6) is 0 Å². The van der Waals surface area contributed by atoms with Crippen LogP contribution in [-0.2, 0) is 27.4 Å². The molecule has 2 aliphatic heterocycles. The van der Waals surface area contributed by atoms with Crippen LogP contribution in [-0.4, -0.2) is 79.4 Å². The van der Waals surface area contributed by atoms with E-state index in [4.69, 9.17) is 21.1 Å². The highest BCUT2D eigenvalue weighted by Crippen LogP contribution is 2.43. The third-order valence-corrected chi connectivity index (χ3v) is 9.75. The summed E-state index contributed by atoms with van der Waals surface area (Å²) in [5.41, 5.74) is 5.32. The van der Waals surface area contributed by atoms with Crippen molar-refractivity contribution < 1.29 is 19.1 Å². The van der Waals surface area contributed by atoms with E-state index in [1.54, 1.807) is 25.2 Å². The van der Waals surface area contributed by atoms with Gasteiger partial charge in [-0.05, 0) is 74.0 Å². The van der Waals surface area contributed by atoms with Crippen molar-refractivity contribution in [1.82, 2.24) is 14.4 Å². The predicted molar refractivity (Wildman–Crippen MR) is 172 cm³/mol. The molecule has 6 rings (SSSR count). The van der Waals surface area contributed by atoms with Gasteiger partial charge in [-0.25, -0.2) is 0 Å². The molecule has 3 aromatic rings. The van der Waals surface area contributed by atoms with Gasteiger partial charge in [0.15, 0.2) is 0 Å². The molecule has 0 bridgehead atoms. The van der Waals surface area contributed by atoms with E-state index >= 15 is 0 Å². The van der Waals surface area contributed by atoms with E-state index in [0.29, 0.717) is 22.8 Å². The van der Waals surface area contributed by atoms with Crippen molar-refractivity contribution in [1.29, 1.82) is 0 Å². The second kappa shape index (κ2) is 12.4. The number of carbonyl (C=O) groups is 2. The average molecular weight is 615 g/mol. The molecule has 230 valence electrons. The number of hydrogen-bond acceptors (Lipinski definition) is 5. The molecule has 0 unspecified atom stereocenters. The Labute approximate surface area is 264 Å². The summed E-state index contributed by atoms with van der Waals surface area (Å²) in [5, 5.41) is 0.473.